The Hall–Kier alpha value is -1.94. The average molecular weight is 228 g/mol. The minimum absolute atomic E-state index is 0.638. The van der Waals surface area contributed by atoms with E-state index >= 15 is 0 Å². The van der Waals surface area contributed by atoms with Crippen LogP contribution in [0, 0.1) is 13.8 Å². The number of hydrogen-bond donors (Lipinski definition) is 2. The smallest absolute Gasteiger partial charge is 0.143 e. The summed E-state index contributed by atoms with van der Waals surface area (Å²) in [5.74, 6) is 6.72. The second-order valence-corrected chi connectivity index (χ2v) is 4.10. The van der Waals surface area contributed by atoms with Crippen LogP contribution in [0.1, 0.15) is 22.5 Å². The molecule has 0 aliphatic heterocycles. The van der Waals surface area contributed by atoms with Crippen LogP contribution in [0.4, 0.5) is 5.82 Å². The second kappa shape index (κ2) is 4.93. The van der Waals surface area contributed by atoms with Crippen LogP contribution in [0.5, 0.6) is 0 Å². The predicted molar refractivity (Wildman–Crippen MR) is 68.6 cm³/mol. The van der Waals surface area contributed by atoms with Gasteiger partial charge in [0.05, 0.1) is 0 Å². The molecule has 88 valence electrons. The Morgan fingerprint density at radius 3 is 2.71 bits per heavy atom. The molecule has 2 rings (SSSR count). The van der Waals surface area contributed by atoms with E-state index in [1.807, 2.05) is 0 Å². The molecule has 4 nitrogen and oxygen atoms in total. The Morgan fingerprint density at radius 2 is 2.00 bits per heavy atom. The van der Waals surface area contributed by atoms with Gasteiger partial charge in [0.2, 0.25) is 0 Å². The summed E-state index contributed by atoms with van der Waals surface area (Å²) in [6.45, 7) is 4.21. The first-order chi connectivity index (χ1) is 8.19. The fraction of sp³-hybridized carbons (Fsp3) is 0.231. The third-order valence-corrected chi connectivity index (χ3v) is 2.79. The van der Waals surface area contributed by atoms with Crippen molar-refractivity contribution < 1.29 is 0 Å². The van der Waals surface area contributed by atoms with Gasteiger partial charge in [0.15, 0.2) is 0 Å². The number of anilines is 1. The van der Waals surface area contributed by atoms with Gasteiger partial charge in [0, 0.05) is 18.7 Å². The fourth-order valence-electron chi connectivity index (χ4n) is 1.66. The highest BCUT2D eigenvalue weighted by Crippen LogP contribution is 2.12. The zero-order valence-electron chi connectivity index (χ0n) is 10.1. The number of aryl methyl sites for hydroxylation is 2. The normalized spacial score (nSPS) is 10.3. The Bertz CT molecular complexity index is 523. The third kappa shape index (κ3) is 2.79. The van der Waals surface area contributed by atoms with Crippen LogP contribution in [0.2, 0.25) is 0 Å². The summed E-state index contributed by atoms with van der Waals surface area (Å²) >= 11 is 0. The SMILES string of the molecule is Cc1ccc(Cc2nccc(NN)n2)cc1C. The Morgan fingerprint density at radius 1 is 1.18 bits per heavy atom. The number of nitrogens with one attached hydrogen (secondary N) is 1. The molecule has 0 bridgehead atoms. The lowest BCUT2D eigenvalue weighted by Crippen LogP contribution is -2.10. The summed E-state index contributed by atoms with van der Waals surface area (Å²) in [4.78, 5) is 8.52. The van der Waals surface area contributed by atoms with E-state index < -0.39 is 0 Å². The number of aromatic nitrogens is 2. The van der Waals surface area contributed by atoms with Crippen LogP contribution in [-0.4, -0.2) is 9.97 Å². The molecule has 0 unspecified atom stereocenters. The highest BCUT2D eigenvalue weighted by atomic mass is 15.3. The van der Waals surface area contributed by atoms with Crippen LogP contribution in [0.15, 0.2) is 30.5 Å². The summed E-state index contributed by atoms with van der Waals surface area (Å²) < 4.78 is 0. The first kappa shape index (κ1) is 11.5. The summed E-state index contributed by atoms with van der Waals surface area (Å²) in [7, 11) is 0. The highest BCUT2D eigenvalue weighted by Gasteiger charge is 2.02. The van der Waals surface area contributed by atoms with Crippen LogP contribution in [0.25, 0.3) is 0 Å². The van der Waals surface area contributed by atoms with Crippen molar-refractivity contribution in [3.63, 3.8) is 0 Å². The van der Waals surface area contributed by atoms with Crippen molar-refractivity contribution in [1.29, 1.82) is 0 Å². The lowest BCUT2D eigenvalue weighted by molar-refractivity contribution is 0.963. The predicted octanol–water partition coefficient (Wildman–Crippen LogP) is 1.97. The molecular formula is C13H16N4. The first-order valence-electron chi connectivity index (χ1n) is 5.53. The Balaban J connectivity index is 2.22. The zero-order valence-corrected chi connectivity index (χ0v) is 10.1. The lowest BCUT2D eigenvalue weighted by Gasteiger charge is -2.05. The molecule has 4 heteroatoms. The summed E-state index contributed by atoms with van der Waals surface area (Å²) in [6.07, 6.45) is 2.43. The molecule has 0 saturated carbocycles. The maximum atomic E-state index is 5.32. The van der Waals surface area contributed by atoms with E-state index in [1.54, 1.807) is 12.3 Å². The van der Waals surface area contributed by atoms with Crippen molar-refractivity contribution in [2.24, 2.45) is 5.84 Å². The van der Waals surface area contributed by atoms with Gasteiger partial charge in [-0.15, -0.1) is 0 Å². The van der Waals surface area contributed by atoms with Gasteiger partial charge in [-0.1, -0.05) is 18.2 Å². The summed E-state index contributed by atoms with van der Waals surface area (Å²) in [6, 6.07) is 8.13. The minimum Gasteiger partial charge on any atom is -0.308 e. The van der Waals surface area contributed by atoms with E-state index in [-0.39, 0.29) is 0 Å². The van der Waals surface area contributed by atoms with Gasteiger partial charge in [-0.25, -0.2) is 15.8 Å². The first-order valence-corrected chi connectivity index (χ1v) is 5.53. The average Bonchev–Trinajstić information content (AvgIpc) is 2.34. The second-order valence-electron chi connectivity index (χ2n) is 4.10. The molecule has 0 aliphatic rings. The number of nitrogens with two attached hydrogens (primary N) is 1. The van der Waals surface area contributed by atoms with E-state index in [1.165, 1.54) is 16.7 Å². The van der Waals surface area contributed by atoms with Gasteiger partial charge in [0.25, 0.3) is 0 Å². The molecule has 0 amide bonds. The van der Waals surface area contributed by atoms with Gasteiger partial charge in [-0.2, -0.15) is 0 Å². The molecule has 2 aromatic rings. The molecular weight excluding hydrogens is 212 g/mol. The molecule has 0 aliphatic carbocycles. The van der Waals surface area contributed by atoms with Crippen molar-refractivity contribution in [3.05, 3.63) is 53.0 Å². The van der Waals surface area contributed by atoms with Crippen LogP contribution < -0.4 is 11.3 Å². The van der Waals surface area contributed by atoms with Crippen molar-refractivity contribution in [2.75, 3.05) is 5.43 Å². The number of rotatable bonds is 3. The van der Waals surface area contributed by atoms with Gasteiger partial charge in [-0.05, 0) is 30.5 Å². The molecule has 1 aromatic carbocycles. The van der Waals surface area contributed by atoms with Gasteiger partial charge in [0.1, 0.15) is 11.6 Å². The van der Waals surface area contributed by atoms with Gasteiger partial charge >= 0.3 is 0 Å². The van der Waals surface area contributed by atoms with E-state index in [9.17, 15) is 0 Å². The molecule has 1 heterocycles. The quantitative estimate of drug-likeness (QED) is 0.622. The fourth-order valence-corrected chi connectivity index (χ4v) is 1.66. The molecule has 3 N–H and O–H groups in total. The van der Waals surface area contributed by atoms with E-state index in [0.29, 0.717) is 5.82 Å². The van der Waals surface area contributed by atoms with Gasteiger partial charge in [-0.3, -0.25) is 0 Å². The maximum absolute atomic E-state index is 5.32. The molecule has 1 aromatic heterocycles. The molecule has 0 fully saturated rings. The molecule has 17 heavy (non-hydrogen) atoms. The molecule has 0 atom stereocenters. The number of hydrazine groups is 1. The minimum atomic E-state index is 0.638. The standard InChI is InChI=1S/C13H16N4/c1-9-3-4-11(7-10(9)2)8-13-15-6-5-12(16-13)17-14/h3-7H,8,14H2,1-2H3,(H,15,16,17). The van der Waals surface area contributed by atoms with Crippen molar-refractivity contribution >= 4 is 5.82 Å². The van der Waals surface area contributed by atoms with Crippen molar-refractivity contribution in [3.8, 4) is 0 Å². The topological polar surface area (TPSA) is 63.8 Å². The van der Waals surface area contributed by atoms with E-state index in [2.05, 4.69) is 47.4 Å². The van der Waals surface area contributed by atoms with Crippen molar-refractivity contribution in [1.82, 2.24) is 9.97 Å². The number of nitrogen functional groups attached to an aromatic ring is 1. The number of nitrogens with zero attached hydrogens (tertiary/aromatic N) is 2. The highest BCUT2D eigenvalue weighted by molar-refractivity contribution is 5.34. The Labute approximate surface area is 101 Å². The maximum Gasteiger partial charge on any atom is 0.143 e. The zero-order chi connectivity index (χ0) is 12.3. The van der Waals surface area contributed by atoms with Crippen molar-refractivity contribution in [2.45, 2.75) is 20.3 Å². The molecule has 0 saturated heterocycles. The summed E-state index contributed by atoms with van der Waals surface area (Å²) in [5.41, 5.74) is 6.32. The Kier molecular flexibility index (Phi) is 3.35. The third-order valence-electron chi connectivity index (χ3n) is 2.79. The van der Waals surface area contributed by atoms with Gasteiger partial charge < -0.3 is 5.43 Å². The van der Waals surface area contributed by atoms with Crippen LogP contribution >= 0.6 is 0 Å². The van der Waals surface area contributed by atoms with Crippen LogP contribution in [0.3, 0.4) is 0 Å². The lowest BCUT2D eigenvalue weighted by atomic mass is 10.0. The largest absolute Gasteiger partial charge is 0.308 e. The summed E-state index contributed by atoms with van der Waals surface area (Å²) in [5, 5.41) is 0. The van der Waals surface area contributed by atoms with E-state index in [0.717, 1.165) is 12.2 Å². The monoisotopic (exact) mass is 228 g/mol. The number of benzene rings is 1. The van der Waals surface area contributed by atoms with Crippen LogP contribution in [-0.2, 0) is 6.42 Å². The van der Waals surface area contributed by atoms with E-state index in [4.69, 9.17) is 5.84 Å². The molecule has 0 radical (unpaired) electrons. The number of hydrogen-bond acceptors (Lipinski definition) is 4. The molecule has 0 spiro atoms.